The molecule has 0 fully saturated rings. The normalized spacial score (nSPS) is 13.8. The molecule has 136 valence electrons. The molecule has 1 aromatic heterocycles. The molecule has 1 amide bonds. The summed E-state index contributed by atoms with van der Waals surface area (Å²) in [6, 6.07) is 13.8. The van der Waals surface area contributed by atoms with Gasteiger partial charge in [-0.2, -0.15) is 0 Å². The molecule has 26 heavy (non-hydrogen) atoms. The lowest BCUT2D eigenvalue weighted by molar-refractivity contribution is 0.0948. The second-order valence-electron chi connectivity index (χ2n) is 6.58. The summed E-state index contributed by atoms with van der Waals surface area (Å²) in [6.07, 6.45) is 9.05. The van der Waals surface area contributed by atoms with Gasteiger partial charge in [0.1, 0.15) is 5.82 Å². The highest BCUT2D eigenvalue weighted by atomic mass is 16.1. The van der Waals surface area contributed by atoms with Crippen LogP contribution in [0.2, 0.25) is 0 Å². The van der Waals surface area contributed by atoms with Crippen LogP contribution in [0.25, 0.3) is 0 Å². The Morgan fingerprint density at radius 1 is 0.962 bits per heavy atom. The highest BCUT2D eigenvalue weighted by molar-refractivity contribution is 5.92. The van der Waals surface area contributed by atoms with E-state index in [9.17, 15) is 4.79 Å². The molecule has 0 unspecified atom stereocenters. The number of hydrogen-bond acceptors (Lipinski definition) is 4. The van der Waals surface area contributed by atoms with E-state index in [1.54, 1.807) is 12.1 Å². The van der Waals surface area contributed by atoms with Crippen LogP contribution in [0.1, 0.15) is 48.2 Å². The van der Waals surface area contributed by atoms with Crippen molar-refractivity contribution < 1.29 is 4.79 Å². The van der Waals surface area contributed by atoms with Crippen molar-refractivity contribution in [3.63, 3.8) is 0 Å². The zero-order valence-electron chi connectivity index (χ0n) is 15.1. The molecule has 2 N–H and O–H groups in total. The van der Waals surface area contributed by atoms with E-state index in [0.29, 0.717) is 18.1 Å². The third-order valence-corrected chi connectivity index (χ3v) is 4.58. The van der Waals surface area contributed by atoms with E-state index in [1.807, 2.05) is 18.2 Å². The van der Waals surface area contributed by atoms with Crippen molar-refractivity contribution in [1.29, 1.82) is 0 Å². The molecule has 0 aliphatic heterocycles. The van der Waals surface area contributed by atoms with Crippen molar-refractivity contribution >= 4 is 11.7 Å². The average molecular weight is 350 g/mol. The van der Waals surface area contributed by atoms with E-state index in [2.05, 4.69) is 39.0 Å². The van der Waals surface area contributed by atoms with Crippen molar-refractivity contribution in [2.24, 2.45) is 0 Å². The number of nitrogens with one attached hydrogen (secondary N) is 2. The van der Waals surface area contributed by atoms with Gasteiger partial charge in [0.15, 0.2) is 5.69 Å². The Balaban J connectivity index is 1.40. The van der Waals surface area contributed by atoms with E-state index in [1.165, 1.54) is 36.8 Å². The molecule has 0 bridgehead atoms. The molecule has 1 aromatic carbocycles. The predicted molar refractivity (Wildman–Crippen MR) is 104 cm³/mol. The first kappa shape index (κ1) is 18.1. The van der Waals surface area contributed by atoms with Crippen molar-refractivity contribution in [2.75, 3.05) is 18.4 Å². The van der Waals surface area contributed by atoms with E-state index >= 15 is 0 Å². The standard InChI is InChI=1S/C21H26N4O/c26-21(23-16-14-18-9-5-2-6-10-18)19-11-12-20(25-24-19)22-15-13-17-7-3-1-4-8-17/h1,3-4,7-9,11-12H,2,5-6,10,13-16H2,(H,22,25)(H,23,26). The number of anilines is 1. The zero-order chi connectivity index (χ0) is 18.0. The summed E-state index contributed by atoms with van der Waals surface area (Å²) in [7, 11) is 0. The summed E-state index contributed by atoms with van der Waals surface area (Å²) in [5, 5.41) is 14.3. The average Bonchev–Trinajstić information content (AvgIpc) is 2.70. The van der Waals surface area contributed by atoms with Crippen LogP contribution < -0.4 is 10.6 Å². The molecule has 2 aromatic rings. The van der Waals surface area contributed by atoms with Gasteiger partial charge in [-0.15, -0.1) is 10.2 Å². The molecular formula is C21H26N4O. The van der Waals surface area contributed by atoms with Crippen molar-refractivity contribution in [1.82, 2.24) is 15.5 Å². The summed E-state index contributed by atoms with van der Waals surface area (Å²) in [6.45, 7) is 1.43. The third kappa shape index (κ3) is 5.69. The second-order valence-corrected chi connectivity index (χ2v) is 6.58. The first-order chi connectivity index (χ1) is 12.8. The summed E-state index contributed by atoms with van der Waals surface area (Å²) in [5.74, 6) is 0.523. The fourth-order valence-electron chi connectivity index (χ4n) is 3.09. The highest BCUT2D eigenvalue weighted by Gasteiger charge is 2.09. The maximum atomic E-state index is 12.1. The number of carbonyl (C=O) groups is 1. The monoisotopic (exact) mass is 350 g/mol. The first-order valence-corrected chi connectivity index (χ1v) is 9.39. The number of allylic oxidation sites excluding steroid dienone is 1. The van der Waals surface area contributed by atoms with Crippen LogP contribution in [0.15, 0.2) is 54.1 Å². The molecule has 5 heteroatoms. The van der Waals surface area contributed by atoms with Gasteiger partial charge in [0.2, 0.25) is 0 Å². The van der Waals surface area contributed by atoms with Crippen LogP contribution in [-0.4, -0.2) is 29.2 Å². The fourth-order valence-corrected chi connectivity index (χ4v) is 3.09. The lowest BCUT2D eigenvalue weighted by Gasteiger charge is -2.12. The molecular weight excluding hydrogens is 324 g/mol. The largest absolute Gasteiger partial charge is 0.368 e. The Kier molecular flexibility index (Phi) is 6.76. The summed E-state index contributed by atoms with van der Waals surface area (Å²) in [4.78, 5) is 12.1. The maximum Gasteiger partial charge on any atom is 0.271 e. The third-order valence-electron chi connectivity index (χ3n) is 4.58. The molecule has 1 heterocycles. The van der Waals surface area contributed by atoms with Crippen LogP contribution in [0.5, 0.6) is 0 Å². The molecule has 0 saturated carbocycles. The van der Waals surface area contributed by atoms with Gasteiger partial charge in [0.05, 0.1) is 0 Å². The predicted octanol–water partition coefficient (Wildman–Crippen LogP) is 3.75. The quantitative estimate of drug-likeness (QED) is 0.712. The molecule has 1 aliphatic rings. The van der Waals surface area contributed by atoms with Crippen LogP contribution in [0.3, 0.4) is 0 Å². The Labute approximate surface area is 154 Å². The molecule has 3 rings (SSSR count). The number of hydrogen-bond donors (Lipinski definition) is 2. The fraction of sp³-hybridized carbons (Fsp3) is 0.381. The van der Waals surface area contributed by atoms with Crippen molar-refractivity contribution in [3.05, 3.63) is 65.4 Å². The molecule has 5 nitrogen and oxygen atoms in total. The minimum Gasteiger partial charge on any atom is -0.368 e. The summed E-state index contributed by atoms with van der Waals surface area (Å²) < 4.78 is 0. The van der Waals surface area contributed by atoms with Gasteiger partial charge in [-0.05, 0) is 56.2 Å². The second kappa shape index (κ2) is 9.70. The SMILES string of the molecule is O=C(NCCC1=CCCCC1)c1ccc(NCCc2ccccc2)nn1. The number of carbonyl (C=O) groups excluding carboxylic acids is 1. The molecule has 0 saturated heterocycles. The Morgan fingerprint density at radius 3 is 2.58 bits per heavy atom. The lowest BCUT2D eigenvalue weighted by atomic mass is 9.97. The van der Waals surface area contributed by atoms with Crippen LogP contribution in [-0.2, 0) is 6.42 Å². The summed E-state index contributed by atoms with van der Waals surface area (Å²) >= 11 is 0. The van der Waals surface area contributed by atoms with Crippen LogP contribution in [0.4, 0.5) is 5.82 Å². The van der Waals surface area contributed by atoms with E-state index in [0.717, 1.165) is 19.4 Å². The molecule has 0 spiro atoms. The van der Waals surface area contributed by atoms with Gasteiger partial charge in [0, 0.05) is 13.1 Å². The minimum atomic E-state index is -0.162. The van der Waals surface area contributed by atoms with Crippen molar-refractivity contribution in [2.45, 2.75) is 38.5 Å². The number of rotatable bonds is 8. The van der Waals surface area contributed by atoms with Crippen LogP contribution >= 0.6 is 0 Å². The van der Waals surface area contributed by atoms with E-state index in [-0.39, 0.29) is 5.91 Å². The number of nitrogens with zero attached hydrogens (tertiary/aromatic N) is 2. The van der Waals surface area contributed by atoms with Gasteiger partial charge >= 0.3 is 0 Å². The van der Waals surface area contributed by atoms with Crippen LogP contribution in [0, 0.1) is 0 Å². The van der Waals surface area contributed by atoms with Gasteiger partial charge in [-0.25, -0.2) is 0 Å². The Morgan fingerprint density at radius 2 is 1.85 bits per heavy atom. The topological polar surface area (TPSA) is 66.9 Å². The zero-order valence-corrected chi connectivity index (χ0v) is 15.1. The number of benzene rings is 1. The Hall–Kier alpha value is -2.69. The van der Waals surface area contributed by atoms with Gasteiger partial charge in [-0.1, -0.05) is 42.0 Å². The van der Waals surface area contributed by atoms with E-state index in [4.69, 9.17) is 0 Å². The smallest absolute Gasteiger partial charge is 0.271 e. The highest BCUT2D eigenvalue weighted by Crippen LogP contribution is 2.19. The lowest BCUT2D eigenvalue weighted by Crippen LogP contribution is -2.26. The van der Waals surface area contributed by atoms with Gasteiger partial charge in [0.25, 0.3) is 5.91 Å². The summed E-state index contributed by atoms with van der Waals surface area (Å²) in [5.41, 5.74) is 3.09. The molecule has 0 radical (unpaired) electrons. The van der Waals surface area contributed by atoms with Gasteiger partial charge in [-0.3, -0.25) is 4.79 Å². The first-order valence-electron chi connectivity index (χ1n) is 9.39. The van der Waals surface area contributed by atoms with Gasteiger partial charge < -0.3 is 10.6 Å². The molecule has 0 atom stereocenters. The Bertz CT molecular complexity index is 725. The number of amides is 1. The molecule has 1 aliphatic carbocycles. The maximum absolute atomic E-state index is 12.1. The van der Waals surface area contributed by atoms with Crippen molar-refractivity contribution in [3.8, 4) is 0 Å². The number of aromatic nitrogens is 2. The van der Waals surface area contributed by atoms with E-state index < -0.39 is 0 Å². The minimum absolute atomic E-state index is 0.162.